The van der Waals surface area contributed by atoms with Crippen LogP contribution in [0.5, 0.6) is 0 Å². The zero-order valence-electron chi connectivity index (χ0n) is 38.2. The number of allylic oxidation sites excluding steroid dienone is 17. The lowest BCUT2D eigenvalue weighted by molar-refractivity contribution is -0.161. The highest BCUT2D eigenvalue weighted by Crippen LogP contribution is 2.43. The average molecular weight is 941 g/mol. The molecule has 0 saturated carbocycles. The number of unbranched alkanes of at least 4 members (excludes halogenated alkanes) is 7. The van der Waals surface area contributed by atoms with Gasteiger partial charge in [0.25, 0.3) is 0 Å². The topological polar surface area (TPSA) is 216 Å². The van der Waals surface area contributed by atoms with E-state index in [1.54, 1.807) is 12.2 Å². The van der Waals surface area contributed by atoms with E-state index in [9.17, 15) is 33.8 Å². The predicted octanol–water partition coefficient (Wildman–Crippen LogP) is 10.9. The van der Waals surface area contributed by atoms with Crippen LogP contribution in [0.1, 0.15) is 136 Å². The van der Waals surface area contributed by atoms with Gasteiger partial charge in [0.15, 0.2) is 6.10 Å². The van der Waals surface area contributed by atoms with Crippen LogP contribution in [-0.4, -0.2) is 81.6 Å². The highest BCUT2D eigenvalue weighted by atomic mass is 31.2. The van der Waals surface area contributed by atoms with Crippen molar-refractivity contribution in [1.29, 1.82) is 0 Å². The van der Waals surface area contributed by atoms with Crippen LogP contribution >= 0.6 is 15.6 Å². The molecule has 64 heavy (non-hydrogen) atoms. The van der Waals surface area contributed by atoms with Gasteiger partial charge in [-0.05, 0) is 83.5 Å². The number of aliphatic hydroxyl groups excluding tert-OH is 2. The number of ether oxygens (including phenoxy) is 2. The Hall–Kier alpha value is -3.26. The summed E-state index contributed by atoms with van der Waals surface area (Å²) in [5, 5.41) is 20.1. The Morgan fingerprint density at radius 1 is 0.531 bits per heavy atom. The monoisotopic (exact) mass is 940 g/mol. The number of phosphoric acid groups is 2. The van der Waals surface area contributed by atoms with Crippen molar-refractivity contribution in [3.8, 4) is 0 Å². The SMILES string of the molecule is CC/C=C\C/C=C\C/C=C\C/C=C\C/C=C\C=C/C(O)CCC(=O)O[C@H](COC(=O)CCCCCC/C=C\C/C=C\C/C=C\CCCCC)COP(=O)(O)OC[C@@H](O)COP(=O)(O)O. The van der Waals surface area contributed by atoms with Crippen molar-refractivity contribution in [2.24, 2.45) is 0 Å². The Bertz CT molecular complexity index is 1560. The van der Waals surface area contributed by atoms with Crippen LogP contribution < -0.4 is 0 Å². The molecule has 0 aliphatic rings. The van der Waals surface area contributed by atoms with Gasteiger partial charge in [0.05, 0.1) is 25.9 Å². The highest BCUT2D eigenvalue weighted by Gasteiger charge is 2.28. The van der Waals surface area contributed by atoms with Crippen LogP contribution in [0.4, 0.5) is 0 Å². The molecule has 0 radical (unpaired) electrons. The summed E-state index contributed by atoms with van der Waals surface area (Å²) < 4.78 is 47.6. The Morgan fingerprint density at radius 2 is 1.03 bits per heavy atom. The van der Waals surface area contributed by atoms with Gasteiger partial charge in [0.1, 0.15) is 12.7 Å². The van der Waals surface area contributed by atoms with Gasteiger partial charge in [-0.25, -0.2) is 9.13 Å². The fraction of sp³-hybridized carbons (Fsp3) is 0.583. The van der Waals surface area contributed by atoms with Gasteiger partial charge in [-0.15, -0.1) is 0 Å². The van der Waals surface area contributed by atoms with Crippen molar-refractivity contribution in [1.82, 2.24) is 0 Å². The van der Waals surface area contributed by atoms with E-state index in [4.69, 9.17) is 23.8 Å². The third-order valence-electron chi connectivity index (χ3n) is 8.75. The molecule has 0 aromatic rings. The second-order valence-corrected chi connectivity index (χ2v) is 17.5. The molecule has 0 spiro atoms. The van der Waals surface area contributed by atoms with Crippen molar-refractivity contribution in [2.45, 2.75) is 154 Å². The zero-order chi connectivity index (χ0) is 47.4. The first-order valence-corrected chi connectivity index (χ1v) is 25.7. The van der Waals surface area contributed by atoms with Crippen LogP contribution in [0, 0.1) is 0 Å². The van der Waals surface area contributed by atoms with Crippen LogP contribution in [0.3, 0.4) is 0 Å². The molecule has 0 heterocycles. The first kappa shape index (κ1) is 60.7. The summed E-state index contributed by atoms with van der Waals surface area (Å²) in [4.78, 5) is 52.8. The Kier molecular flexibility index (Phi) is 40.2. The summed E-state index contributed by atoms with van der Waals surface area (Å²) >= 11 is 0. The van der Waals surface area contributed by atoms with E-state index < -0.39 is 72.3 Å². The number of hydrogen-bond acceptors (Lipinski definition) is 11. The third-order valence-corrected chi connectivity index (χ3v) is 10.2. The second-order valence-electron chi connectivity index (χ2n) is 14.8. The fourth-order valence-electron chi connectivity index (χ4n) is 5.29. The minimum atomic E-state index is -4.90. The molecule has 364 valence electrons. The van der Waals surface area contributed by atoms with E-state index in [2.05, 4.69) is 102 Å². The Morgan fingerprint density at radius 3 is 1.59 bits per heavy atom. The molecule has 0 bridgehead atoms. The second kappa shape index (κ2) is 42.4. The molecule has 16 heteroatoms. The first-order valence-electron chi connectivity index (χ1n) is 22.7. The Labute approximate surface area is 383 Å². The smallest absolute Gasteiger partial charge is 0.462 e. The summed E-state index contributed by atoms with van der Waals surface area (Å²) in [6.07, 6.45) is 48.3. The van der Waals surface area contributed by atoms with Crippen LogP contribution in [0.15, 0.2) is 109 Å². The molecule has 2 unspecified atom stereocenters. The third kappa shape index (κ3) is 45.3. The maximum atomic E-state index is 12.7. The molecule has 0 aromatic heterocycles. The van der Waals surface area contributed by atoms with Gasteiger partial charge in [-0.2, -0.15) is 0 Å². The van der Waals surface area contributed by atoms with Gasteiger partial charge in [-0.3, -0.25) is 23.2 Å². The number of rotatable bonds is 41. The van der Waals surface area contributed by atoms with Crippen molar-refractivity contribution < 1.29 is 66.7 Å². The van der Waals surface area contributed by atoms with Crippen LogP contribution in [0.2, 0.25) is 0 Å². The van der Waals surface area contributed by atoms with Crippen LogP contribution in [-0.2, 0) is 41.8 Å². The van der Waals surface area contributed by atoms with E-state index in [-0.39, 0.29) is 19.3 Å². The zero-order valence-corrected chi connectivity index (χ0v) is 40.0. The fourth-order valence-corrected chi connectivity index (χ4v) is 6.44. The maximum Gasteiger partial charge on any atom is 0.472 e. The molecule has 4 atom stereocenters. The van der Waals surface area contributed by atoms with Gasteiger partial charge < -0.3 is 34.4 Å². The van der Waals surface area contributed by atoms with E-state index in [1.807, 2.05) is 12.2 Å². The normalized spacial score (nSPS) is 15.4. The maximum absolute atomic E-state index is 12.7. The predicted molar refractivity (Wildman–Crippen MR) is 254 cm³/mol. The molecule has 14 nitrogen and oxygen atoms in total. The number of esters is 2. The summed E-state index contributed by atoms with van der Waals surface area (Å²) in [7, 11) is -9.79. The van der Waals surface area contributed by atoms with Crippen molar-refractivity contribution in [2.75, 3.05) is 26.4 Å². The van der Waals surface area contributed by atoms with E-state index in [0.717, 1.165) is 70.6 Å². The number of aliphatic hydroxyl groups is 2. The molecule has 0 aliphatic heterocycles. The number of hydrogen-bond donors (Lipinski definition) is 5. The molecular weight excluding hydrogens is 862 g/mol. The average Bonchev–Trinajstić information content (AvgIpc) is 3.25. The summed E-state index contributed by atoms with van der Waals surface area (Å²) in [5.74, 6) is -1.35. The number of phosphoric ester groups is 2. The lowest BCUT2D eigenvalue weighted by Gasteiger charge is -2.20. The summed E-state index contributed by atoms with van der Waals surface area (Å²) in [5.41, 5.74) is 0. The number of carbonyl (C=O) groups excluding carboxylic acids is 2. The van der Waals surface area contributed by atoms with Gasteiger partial charge in [-0.1, -0.05) is 149 Å². The molecule has 0 rings (SSSR count). The molecule has 5 N–H and O–H groups in total. The molecular formula is C48H78O14P2. The Balaban J connectivity index is 4.79. The van der Waals surface area contributed by atoms with E-state index in [0.29, 0.717) is 12.8 Å². The highest BCUT2D eigenvalue weighted by molar-refractivity contribution is 7.47. The molecule has 0 aromatic carbocycles. The minimum Gasteiger partial charge on any atom is -0.462 e. The minimum absolute atomic E-state index is 0.00748. The summed E-state index contributed by atoms with van der Waals surface area (Å²) in [6, 6.07) is 0. The van der Waals surface area contributed by atoms with Crippen molar-refractivity contribution in [3.63, 3.8) is 0 Å². The standard InChI is InChI=1S/C48H78O14P2/c1-3-5-7-9-11-13-15-17-19-21-23-25-27-29-31-33-35-37-47(51)58-42-46(43-61-64(56,57)60-41-45(50)40-59-63(53,54)55)62-48(52)39-38-44(49)36-34-32-30-28-26-24-22-20-18-16-14-12-10-8-6-4-2/h6,8,11-14,17-20,23-26,30,32,34,36,44-46,49-50H,3-5,7,9-10,15-16,21-22,27-29,31,33,35,37-43H2,1-2H3,(H,56,57)(H2,53,54,55)/b8-6-,13-11-,14-12-,19-17-,20-18-,25-23-,26-24-,32-30-,36-34-/t44?,45-,46+/m0/s1. The van der Waals surface area contributed by atoms with Crippen molar-refractivity contribution in [3.05, 3.63) is 109 Å². The van der Waals surface area contributed by atoms with Gasteiger partial charge in [0.2, 0.25) is 0 Å². The van der Waals surface area contributed by atoms with Crippen molar-refractivity contribution >= 4 is 27.6 Å². The van der Waals surface area contributed by atoms with Gasteiger partial charge in [0, 0.05) is 12.8 Å². The molecule has 0 aliphatic carbocycles. The first-order chi connectivity index (χ1) is 30.8. The molecule has 0 amide bonds. The molecule has 0 saturated heterocycles. The van der Waals surface area contributed by atoms with E-state index in [1.165, 1.54) is 25.3 Å². The summed E-state index contributed by atoms with van der Waals surface area (Å²) in [6.45, 7) is 1.30. The molecule has 0 fully saturated rings. The largest absolute Gasteiger partial charge is 0.472 e. The quantitative estimate of drug-likeness (QED) is 0.0127. The van der Waals surface area contributed by atoms with E-state index >= 15 is 0 Å². The lowest BCUT2D eigenvalue weighted by atomic mass is 10.1. The van der Waals surface area contributed by atoms with Gasteiger partial charge >= 0.3 is 27.6 Å². The number of carbonyl (C=O) groups is 2. The lowest BCUT2D eigenvalue weighted by Crippen LogP contribution is -2.30. The van der Waals surface area contributed by atoms with Crippen LogP contribution in [0.25, 0.3) is 0 Å².